The first-order valence-electron chi connectivity index (χ1n) is 6.26. The fourth-order valence-electron chi connectivity index (χ4n) is 1.62. The van der Waals surface area contributed by atoms with Crippen molar-refractivity contribution in [2.45, 2.75) is 38.0 Å². The second-order valence-electron chi connectivity index (χ2n) is 4.66. The lowest BCUT2D eigenvalue weighted by Gasteiger charge is -2.09. The Balaban J connectivity index is 2.07. The summed E-state index contributed by atoms with van der Waals surface area (Å²) < 4.78 is 32.0. The SMILES string of the molecule is CC(C)NCc1cn[nH]c1S(=O)(=O)NCc1ccco1. The van der Waals surface area contributed by atoms with Gasteiger partial charge < -0.3 is 9.73 Å². The minimum Gasteiger partial charge on any atom is -0.468 e. The average molecular weight is 298 g/mol. The van der Waals surface area contributed by atoms with Gasteiger partial charge in [-0.15, -0.1) is 0 Å². The van der Waals surface area contributed by atoms with Crippen LogP contribution in [0.3, 0.4) is 0 Å². The highest BCUT2D eigenvalue weighted by Crippen LogP contribution is 2.12. The third-order valence-electron chi connectivity index (χ3n) is 2.66. The van der Waals surface area contributed by atoms with Crippen molar-refractivity contribution in [3.05, 3.63) is 35.9 Å². The molecule has 3 N–H and O–H groups in total. The zero-order valence-electron chi connectivity index (χ0n) is 11.4. The molecule has 0 atom stereocenters. The average Bonchev–Trinajstić information content (AvgIpc) is 3.05. The number of nitrogens with one attached hydrogen (secondary N) is 3. The van der Waals surface area contributed by atoms with Crippen molar-refractivity contribution in [3.63, 3.8) is 0 Å². The molecule has 0 fully saturated rings. The van der Waals surface area contributed by atoms with Crippen LogP contribution >= 0.6 is 0 Å². The van der Waals surface area contributed by atoms with Gasteiger partial charge in [0, 0.05) is 18.2 Å². The maximum atomic E-state index is 12.2. The van der Waals surface area contributed by atoms with Crippen LogP contribution in [0.1, 0.15) is 25.2 Å². The van der Waals surface area contributed by atoms with Crippen molar-refractivity contribution in [2.75, 3.05) is 0 Å². The van der Waals surface area contributed by atoms with E-state index in [2.05, 4.69) is 20.2 Å². The van der Waals surface area contributed by atoms with Gasteiger partial charge in [-0.1, -0.05) is 13.8 Å². The van der Waals surface area contributed by atoms with E-state index in [0.717, 1.165) is 0 Å². The second kappa shape index (κ2) is 6.21. The Bertz CT molecular complexity index is 631. The highest BCUT2D eigenvalue weighted by atomic mass is 32.2. The molecule has 2 rings (SSSR count). The minimum atomic E-state index is -3.64. The number of furan rings is 1. The Kier molecular flexibility index (Phi) is 4.58. The zero-order valence-corrected chi connectivity index (χ0v) is 12.2. The molecule has 0 aromatic carbocycles. The first-order valence-corrected chi connectivity index (χ1v) is 7.75. The molecule has 0 spiro atoms. The van der Waals surface area contributed by atoms with E-state index >= 15 is 0 Å². The first-order chi connectivity index (χ1) is 9.49. The molecule has 7 nitrogen and oxygen atoms in total. The molecular weight excluding hydrogens is 280 g/mol. The van der Waals surface area contributed by atoms with Crippen LogP contribution in [0.15, 0.2) is 34.0 Å². The zero-order chi connectivity index (χ0) is 14.6. The molecule has 2 aromatic rings. The molecule has 0 saturated heterocycles. The Morgan fingerprint density at radius 2 is 2.20 bits per heavy atom. The molecular formula is C12H18N4O3S. The van der Waals surface area contributed by atoms with Gasteiger partial charge in [0.2, 0.25) is 0 Å². The van der Waals surface area contributed by atoms with E-state index in [1.165, 1.54) is 12.5 Å². The number of sulfonamides is 1. The van der Waals surface area contributed by atoms with Crippen LogP contribution in [0.25, 0.3) is 0 Å². The molecule has 2 heterocycles. The van der Waals surface area contributed by atoms with Gasteiger partial charge in [0.25, 0.3) is 10.0 Å². The highest BCUT2D eigenvalue weighted by molar-refractivity contribution is 7.89. The summed E-state index contributed by atoms with van der Waals surface area (Å²) in [6.45, 7) is 4.52. The quantitative estimate of drug-likeness (QED) is 0.707. The summed E-state index contributed by atoms with van der Waals surface area (Å²) in [5.41, 5.74) is 0.602. The number of hydrogen-bond acceptors (Lipinski definition) is 5. The lowest BCUT2D eigenvalue weighted by molar-refractivity contribution is 0.497. The van der Waals surface area contributed by atoms with Gasteiger partial charge in [0.05, 0.1) is 19.0 Å². The van der Waals surface area contributed by atoms with Crippen LogP contribution in [-0.4, -0.2) is 24.7 Å². The lowest BCUT2D eigenvalue weighted by atomic mass is 10.3. The van der Waals surface area contributed by atoms with Crippen molar-refractivity contribution in [1.82, 2.24) is 20.2 Å². The number of aromatic nitrogens is 2. The highest BCUT2D eigenvalue weighted by Gasteiger charge is 2.20. The van der Waals surface area contributed by atoms with Gasteiger partial charge in [-0.25, -0.2) is 13.1 Å². The Morgan fingerprint density at radius 1 is 1.40 bits per heavy atom. The summed E-state index contributed by atoms with van der Waals surface area (Å²) in [6, 6.07) is 3.67. The number of hydrogen-bond donors (Lipinski definition) is 3. The predicted octanol–water partition coefficient (Wildman–Crippen LogP) is 0.979. The Hall–Kier alpha value is -1.64. The molecule has 0 bridgehead atoms. The summed E-state index contributed by atoms with van der Waals surface area (Å²) in [7, 11) is -3.64. The van der Waals surface area contributed by atoms with Gasteiger partial charge in [0.15, 0.2) is 5.03 Å². The van der Waals surface area contributed by atoms with Gasteiger partial charge in [0.1, 0.15) is 5.76 Å². The van der Waals surface area contributed by atoms with Crippen LogP contribution in [0.2, 0.25) is 0 Å². The maximum absolute atomic E-state index is 12.2. The fraction of sp³-hybridized carbons (Fsp3) is 0.417. The van der Waals surface area contributed by atoms with Crippen molar-refractivity contribution >= 4 is 10.0 Å². The monoisotopic (exact) mass is 298 g/mol. The molecule has 2 aromatic heterocycles. The number of aromatic amines is 1. The molecule has 0 amide bonds. The van der Waals surface area contributed by atoms with Crippen molar-refractivity contribution in [1.29, 1.82) is 0 Å². The van der Waals surface area contributed by atoms with Gasteiger partial charge in [-0.2, -0.15) is 5.10 Å². The predicted molar refractivity (Wildman–Crippen MR) is 73.3 cm³/mol. The standard InChI is InChI=1S/C12H18N4O3S/c1-9(2)13-6-10-7-14-16-12(10)20(17,18)15-8-11-4-3-5-19-11/h3-5,7,9,13,15H,6,8H2,1-2H3,(H,14,16). The second-order valence-corrected chi connectivity index (χ2v) is 6.37. The van der Waals surface area contributed by atoms with E-state index in [1.807, 2.05) is 13.8 Å². The van der Waals surface area contributed by atoms with E-state index in [9.17, 15) is 8.42 Å². The normalized spacial score (nSPS) is 12.2. The molecule has 0 radical (unpaired) electrons. The summed E-state index contributed by atoms with van der Waals surface area (Å²) in [5.74, 6) is 0.551. The lowest BCUT2D eigenvalue weighted by Crippen LogP contribution is -2.27. The largest absolute Gasteiger partial charge is 0.468 e. The summed E-state index contributed by atoms with van der Waals surface area (Å²) in [5, 5.41) is 9.57. The molecule has 20 heavy (non-hydrogen) atoms. The van der Waals surface area contributed by atoms with Crippen LogP contribution in [0.5, 0.6) is 0 Å². The molecule has 110 valence electrons. The third-order valence-corrected chi connectivity index (χ3v) is 4.08. The fourth-order valence-corrected chi connectivity index (χ4v) is 2.74. The van der Waals surface area contributed by atoms with Gasteiger partial charge in [-0.3, -0.25) is 5.10 Å². The summed E-state index contributed by atoms with van der Waals surface area (Å²) in [4.78, 5) is 0. The molecule has 0 unspecified atom stereocenters. The Labute approximate surface area is 117 Å². The van der Waals surface area contributed by atoms with E-state index in [1.54, 1.807) is 12.1 Å². The van der Waals surface area contributed by atoms with Crippen molar-refractivity contribution < 1.29 is 12.8 Å². The van der Waals surface area contributed by atoms with Crippen LogP contribution < -0.4 is 10.0 Å². The summed E-state index contributed by atoms with van der Waals surface area (Å²) in [6.07, 6.45) is 3.01. The first kappa shape index (κ1) is 14.8. The molecule has 0 aliphatic carbocycles. The van der Waals surface area contributed by atoms with Crippen LogP contribution in [0, 0.1) is 0 Å². The molecule has 8 heteroatoms. The van der Waals surface area contributed by atoms with E-state index < -0.39 is 10.0 Å². The van der Waals surface area contributed by atoms with E-state index in [0.29, 0.717) is 17.9 Å². The number of H-pyrrole nitrogens is 1. The van der Waals surface area contributed by atoms with Crippen molar-refractivity contribution in [3.8, 4) is 0 Å². The molecule has 0 aliphatic heterocycles. The van der Waals surface area contributed by atoms with Crippen LogP contribution in [0.4, 0.5) is 0 Å². The Morgan fingerprint density at radius 3 is 2.85 bits per heavy atom. The molecule has 0 aliphatic rings. The van der Waals surface area contributed by atoms with E-state index in [-0.39, 0.29) is 17.6 Å². The van der Waals surface area contributed by atoms with Crippen molar-refractivity contribution in [2.24, 2.45) is 0 Å². The van der Waals surface area contributed by atoms with Gasteiger partial charge in [-0.05, 0) is 12.1 Å². The smallest absolute Gasteiger partial charge is 0.258 e. The van der Waals surface area contributed by atoms with Crippen LogP contribution in [-0.2, 0) is 23.1 Å². The topological polar surface area (TPSA) is 100 Å². The number of rotatable bonds is 7. The minimum absolute atomic E-state index is 0.0807. The van der Waals surface area contributed by atoms with E-state index in [4.69, 9.17) is 4.42 Å². The summed E-state index contributed by atoms with van der Waals surface area (Å²) >= 11 is 0. The third kappa shape index (κ3) is 3.69. The maximum Gasteiger partial charge on any atom is 0.258 e. The number of nitrogens with zero attached hydrogens (tertiary/aromatic N) is 1. The molecule has 0 saturated carbocycles. The van der Waals surface area contributed by atoms with Gasteiger partial charge >= 0.3 is 0 Å².